The maximum absolute atomic E-state index is 12.3. The number of hydrogen-bond donors (Lipinski definition) is 2. The number of anilines is 1. The van der Waals surface area contributed by atoms with Gasteiger partial charge in [-0.15, -0.1) is 11.3 Å². The van der Waals surface area contributed by atoms with Crippen LogP contribution >= 0.6 is 23.3 Å². The van der Waals surface area contributed by atoms with Crippen LogP contribution in [0.25, 0.3) is 22.2 Å². The zero-order valence-corrected chi connectivity index (χ0v) is 14.2. The van der Waals surface area contributed by atoms with Gasteiger partial charge in [-0.05, 0) is 41.6 Å². The molecule has 0 atom stereocenters. The molecule has 24 heavy (non-hydrogen) atoms. The van der Waals surface area contributed by atoms with Crippen molar-refractivity contribution >= 4 is 39.3 Å². The fourth-order valence-electron chi connectivity index (χ4n) is 2.37. The first-order chi connectivity index (χ1) is 11.8. The molecule has 0 aliphatic carbocycles. The Labute approximate surface area is 146 Å². The van der Waals surface area contributed by atoms with E-state index in [4.69, 9.17) is 0 Å². The molecule has 0 radical (unpaired) electrons. The highest BCUT2D eigenvalue weighted by Gasteiger charge is 2.10. The fraction of sp³-hybridized carbons (Fsp3) is 0. The number of nitrogens with one attached hydrogen (secondary N) is 2. The average Bonchev–Trinajstić information content (AvgIpc) is 3.09. The van der Waals surface area contributed by atoms with Crippen molar-refractivity contribution in [1.29, 1.82) is 0 Å². The lowest BCUT2D eigenvalue weighted by atomic mass is 10.1. The Morgan fingerprint density at radius 2 is 1.83 bits per heavy atom. The van der Waals surface area contributed by atoms with E-state index in [9.17, 15) is 4.79 Å². The Bertz CT molecular complexity index is 1040. The Morgan fingerprint density at radius 3 is 2.71 bits per heavy atom. The van der Waals surface area contributed by atoms with Crippen LogP contribution in [0.3, 0.4) is 0 Å². The zero-order chi connectivity index (χ0) is 16.4. The molecule has 4 aromatic rings. The van der Waals surface area contributed by atoms with Gasteiger partial charge in [0.15, 0.2) is 5.13 Å². The first-order valence-electron chi connectivity index (χ1n) is 7.35. The molecular weight excluding hydrogens is 338 g/mol. The molecule has 0 saturated carbocycles. The summed E-state index contributed by atoms with van der Waals surface area (Å²) in [5.41, 5.74) is 1.98. The highest BCUT2D eigenvalue weighted by atomic mass is 32.2. The quantitative estimate of drug-likeness (QED) is 0.520. The predicted molar refractivity (Wildman–Crippen MR) is 102 cm³/mol. The molecular formula is C18H13N3OS2. The van der Waals surface area contributed by atoms with Crippen molar-refractivity contribution in [1.82, 2.24) is 9.97 Å². The first kappa shape index (κ1) is 15.0. The molecule has 0 saturated heterocycles. The third kappa shape index (κ3) is 3.06. The Morgan fingerprint density at radius 1 is 1.04 bits per heavy atom. The van der Waals surface area contributed by atoms with Gasteiger partial charge >= 0.3 is 0 Å². The van der Waals surface area contributed by atoms with Gasteiger partial charge in [0.2, 0.25) is 0 Å². The maximum Gasteiger partial charge on any atom is 0.257 e. The maximum atomic E-state index is 12.3. The third-order valence-corrected chi connectivity index (χ3v) is 5.22. The van der Waals surface area contributed by atoms with Crippen molar-refractivity contribution in [2.45, 2.75) is 4.90 Å². The number of fused-ring (bicyclic) bond motifs is 1. The zero-order valence-electron chi connectivity index (χ0n) is 12.5. The summed E-state index contributed by atoms with van der Waals surface area (Å²) < 4.78 is 3.22. The van der Waals surface area contributed by atoms with Crippen LogP contribution in [0.2, 0.25) is 0 Å². The summed E-state index contributed by atoms with van der Waals surface area (Å²) in [5.74, 6) is 0. The van der Waals surface area contributed by atoms with E-state index in [2.05, 4.69) is 14.7 Å². The number of rotatable bonds is 4. The summed E-state index contributed by atoms with van der Waals surface area (Å²) in [6.45, 7) is 0. The molecule has 4 rings (SSSR count). The fourth-order valence-corrected chi connectivity index (χ4v) is 3.79. The summed E-state index contributed by atoms with van der Waals surface area (Å²) in [7, 11) is 0. The topological polar surface area (TPSA) is 57.8 Å². The molecule has 2 heterocycles. The molecule has 0 aliphatic heterocycles. The van der Waals surface area contributed by atoms with E-state index in [1.54, 1.807) is 0 Å². The summed E-state index contributed by atoms with van der Waals surface area (Å²) in [6.07, 6.45) is 0. The number of thiazole rings is 1. The third-order valence-electron chi connectivity index (χ3n) is 3.53. The van der Waals surface area contributed by atoms with Gasteiger partial charge < -0.3 is 9.71 Å². The molecule has 6 heteroatoms. The van der Waals surface area contributed by atoms with Gasteiger partial charge in [0, 0.05) is 15.8 Å². The van der Waals surface area contributed by atoms with Crippen molar-refractivity contribution in [2.75, 3.05) is 4.72 Å². The highest BCUT2D eigenvalue weighted by Crippen LogP contribution is 2.28. The van der Waals surface area contributed by atoms with E-state index in [0.717, 1.165) is 20.9 Å². The second-order valence-electron chi connectivity index (χ2n) is 5.15. The summed E-state index contributed by atoms with van der Waals surface area (Å²) in [4.78, 5) is 20.9. The largest absolute Gasteiger partial charge is 0.321 e. The van der Waals surface area contributed by atoms with Crippen LogP contribution in [0.4, 0.5) is 5.13 Å². The van der Waals surface area contributed by atoms with Crippen molar-refractivity contribution in [3.63, 3.8) is 0 Å². The Hall–Kier alpha value is -2.57. The van der Waals surface area contributed by atoms with Crippen LogP contribution in [0.5, 0.6) is 0 Å². The second kappa shape index (κ2) is 6.51. The number of aromatic nitrogens is 2. The SMILES string of the molecule is O=c1[nH]c2ccccc2cc1-c1csc(NSc2ccccc2)n1. The molecule has 0 spiro atoms. The van der Waals surface area contributed by atoms with Crippen LogP contribution in [0, 0.1) is 0 Å². The van der Waals surface area contributed by atoms with E-state index in [1.807, 2.05) is 66.0 Å². The lowest BCUT2D eigenvalue weighted by Gasteiger charge is -2.02. The molecule has 4 nitrogen and oxygen atoms in total. The van der Waals surface area contributed by atoms with Crippen molar-refractivity contribution in [3.05, 3.63) is 76.4 Å². The standard InChI is InChI=1S/C18H13N3OS2/c22-17-14(10-12-6-4-5-9-15(12)19-17)16-11-23-18(20-16)21-24-13-7-2-1-3-8-13/h1-11H,(H,19,22)(H,20,21). The van der Waals surface area contributed by atoms with E-state index < -0.39 is 0 Å². The molecule has 0 aliphatic rings. The summed E-state index contributed by atoms with van der Waals surface area (Å²) in [6, 6.07) is 19.6. The molecule has 2 N–H and O–H groups in total. The van der Waals surface area contributed by atoms with Crippen LogP contribution in [-0.4, -0.2) is 9.97 Å². The first-order valence-corrected chi connectivity index (χ1v) is 9.05. The molecule has 0 fully saturated rings. The van der Waals surface area contributed by atoms with Gasteiger partial charge in [-0.2, -0.15) is 0 Å². The van der Waals surface area contributed by atoms with E-state index in [-0.39, 0.29) is 5.56 Å². The van der Waals surface area contributed by atoms with Gasteiger partial charge in [0.25, 0.3) is 5.56 Å². The van der Waals surface area contributed by atoms with E-state index >= 15 is 0 Å². The molecule has 0 bridgehead atoms. The number of pyridine rings is 1. The van der Waals surface area contributed by atoms with Crippen molar-refractivity contribution in [2.24, 2.45) is 0 Å². The monoisotopic (exact) mass is 351 g/mol. The second-order valence-corrected chi connectivity index (χ2v) is 6.89. The van der Waals surface area contributed by atoms with Crippen LogP contribution < -0.4 is 10.3 Å². The minimum absolute atomic E-state index is 0.124. The Kier molecular flexibility index (Phi) is 4.06. The van der Waals surface area contributed by atoms with Gasteiger partial charge in [-0.25, -0.2) is 4.98 Å². The molecule has 2 aromatic heterocycles. The lowest BCUT2D eigenvalue weighted by molar-refractivity contribution is 1.28. The molecule has 118 valence electrons. The number of nitrogens with zero attached hydrogens (tertiary/aromatic N) is 1. The summed E-state index contributed by atoms with van der Waals surface area (Å²) >= 11 is 2.98. The Balaban J connectivity index is 1.60. The molecule has 0 unspecified atom stereocenters. The highest BCUT2D eigenvalue weighted by molar-refractivity contribution is 8.00. The minimum Gasteiger partial charge on any atom is -0.321 e. The van der Waals surface area contributed by atoms with E-state index in [1.165, 1.54) is 23.3 Å². The van der Waals surface area contributed by atoms with Crippen LogP contribution in [0.15, 0.2) is 75.7 Å². The number of aromatic amines is 1. The van der Waals surface area contributed by atoms with Crippen molar-refractivity contribution in [3.8, 4) is 11.3 Å². The molecule has 2 aromatic carbocycles. The van der Waals surface area contributed by atoms with Gasteiger partial charge in [-0.1, -0.05) is 36.4 Å². The number of H-pyrrole nitrogens is 1. The van der Waals surface area contributed by atoms with Gasteiger partial charge in [-0.3, -0.25) is 4.79 Å². The number of hydrogen-bond acceptors (Lipinski definition) is 5. The van der Waals surface area contributed by atoms with Crippen molar-refractivity contribution < 1.29 is 0 Å². The van der Waals surface area contributed by atoms with Gasteiger partial charge in [0.1, 0.15) is 0 Å². The minimum atomic E-state index is -0.124. The average molecular weight is 351 g/mol. The molecule has 0 amide bonds. The number of benzene rings is 2. The normalized spacial score (nSPS) is 10.8. The van der Waals surface area contributed by atoms with E-state index in [0.29, 0.717) is 11.3 Å². The van der Waals surface area contributed by atoms with Crippen LogP contribution in [0.1, 0.15) is 0 Å². The number of para-hydroxylation sites is 1. The van der Waals surface area contributed by atoms with Crippen LogP contribution in [-0.2, 0) is 0 Å². The smallest absolute Gasteiger partial charge is 0.257 e. The lowest BCUT2D eigenvalue weighted by Crippen LogP contribution is -2.08. The predicted octanol–water partition coefficient (Wildman–Crippen LogP) is 4.77. The summed E-state index contributed by atoms with van der Waals surface area (Å²) in [5, 5.41) is 3.66. The van der Waals surface area contributed by atoms with Gasteiger partial charge in [0.05, 0.1) is 11.3 Å².